The van der Waals surface area contributed by atoms with Gasteiger partial charge in [0, 0.05) is 4.90 Å². The molecule has 0 bridgehead atoms. The molecule has 0 aliphatic rings. The van der Waals surface area contributed by atoms with Crippen LogP contribution in [0.5, 0.6) is 0 Å². The lowest BCUT2D eigenvalue weighted by Crippen LogP contribution is -2.02. The lowest BCUT2D eigenvalue weighted by Gasteiger charge is -2.06. The number of fused-ring (bicyclic) bond motifs is 1. The lowest BCUT2D eigenvalue weighted by molar-refractivity contribution is 0.0690. The second kappa shape index (κ2) is 5.46. The number of carboxylic acid groups (broad SMARTS) is 1. The first-order chi connectivity index (χ1) is 10.1. The molecule has 0 amide bonds. The van der Waals surface area contributed by atoms with Crippen LogP contribution in [0.15, 0.2) is 64.5 Å². The Morgan fingerprint density at radius 3 is 2.57 bits per heavy atom. The normalized spacial score (nSPS) is 10.7. The van der Waals surface area contributed by atoms with Gasteiger partial charge >= 0.3 is 5.97 Å². The zero-order valence-corrected chi connectivity index (χ0v) is 11.8. The summed E-state index contributed by atoms with van der Waals surface area (Å²) in [5.41, 5.74) is 6.34. The highest BCUT2D eigenvalue weighted by Crippen LogP contribution is 2.32. The van der Waals surface area contributed by atoms with Gasteiger partial charge in [-0.05, 0) is 35.0 Å². The molecular weight excluding hydrogens is 284 g/mol. The predicted molar refractivity (Wildman–Crippen MR) is 83.7 cm³/mol. The standard InChI is InChI=1S/C16H12N2O2S/c17-13-7-8-14(16(19)20)18-15(13)21-12-6-5-10-3-1-2-4-11(10)9-12/h1-9H,17H2,(H,19,20). The number of nitrogens with zero attached hydrogens (tertiary/aromatic N) is 1. The Morgan fingerprint density at radius 1 is 1.05 bits per heavy atom. The molecule has 0 fully saturated rings. The lowest BCUT2D eigenvalue weighted by atomic mass is 10.1. The Labute approximate surface area is 125 Å². The van der Waals surface area contributed by atoms with Crippen LogP contribution in [0.3, 0.4) is 0 Å². The summed E-state index contributed by atoms with van der Waals surface area (Å²) in [6.07, 6.45) is 0. The minimum Gasteiger partial charge on any atom is -0.477 e. The maximum Gasteiger partial charge on any atom is 0.354 e. The van der Waals surface area contributed by atoms with Crippen LogP contribution in [-0.2, 0) is 0 Å². The summed E-state index contributed by atoms with van der Waals surface area (Å²) in [6.45, 7) is 0. The Morgan fingerprint density at radius 2 is 1.81 bits per heavy atom. The number of pyridine rings is 1. The Kier molecular flexibility index (Phi) is 3.50. The molecule has 0 aliphatic carbocycles. The zero-order valence-electron chi connectivity index (χ0n) is 11.0. The molecule has 5 heteroatoms. The van der Waals surface area contributed by atoms with Gasteiger partial charge in [0.1, 0.15) is 10.7 Å². The number of hydrogen-bond acceptors (Lipinski definition) is 4. The largest absolute Gasteiger partial charge is 0.477 e. The number of anilines is 1. The van der Waals surface area contributed by atoms with E-state index >= 15 is 0 Å². The summed E-state index contributed by atoms with van der Waals surface area (Å²) < 4.78 is 0. The first-order valence-corrected chi connectivity index (χ1v) is 7.11. The summed E-state index contributed by atoms with van der Waals surface area (Å²) in [4.78, 5) is 16.0. The fraction of sp³-hybridized carbons (Fsp3) is 0. The van der Waals surface area contributed by atoms with Crippen molar-refractivity contribution < 1.29 is 9.90 Å². The smallest absolute Gasteiger partial charge is 0.354 e. The van der Waals surface area contributed by atoms with Gasteiger partial charge in [0.05, 0.1) is 5.69 Å². The SMILES string of the molecule is Nc1ccc(C(=O)O)nc1Sc1ccc2ccccc2c1. The highest BCUT2D eigenvalue weighted by Gasteiger charge is 2.10. The van der Waals surface area contributed by atoms with Crippen molar-refractivity contribution in [1.29, 1.82) is 0 Å². The second-order valence-corrected chi connectivity index (χ2v) is 5.57. The summed E-state index contributed by atoms with van der Waals surface area (Å²) >= 11 is 1.36. The molecule has 3 N–H and O–H groups in total. The number of aromatic carboxylic acids is 1. The summed E-state index contributed by atoms with van der Waals surface area (Å²) in [5, 5.41) is 11.8. The number of rotatable bonds is 3. The minimum atomic E-state index is -1.06. The van der Waals surface area contributed by atoms with Crippen LogP contribution >= 0.6 is 11.8 Å². The van der Waals surface area contributed by atoms with E-state index in [2.05, 4.69) is 4.98 Å². The number of hydrogen-bond donors (Lipinski definition) is 2. The molecule has 3 rings (SSSR count). The van der Waals surface area contributed by atoms with Crippen LogP contribution in [0.2, 0.25) is 0 Å². The van der Waals surface area contributed by atoms with Crippen LogP contribution in [0, 0.1) is 0 Å². The Bertz CT molecular complexity index is 833. The van der Waals surface area contributed by atoms with Crippen molar-refractivity contribution in [3.05, 3.63) is 60.3 Å². The number of benzene rings is 2. The van der Waals surface area contributed by atoms with Crippen molar-refractivity contribution in [2.75, 3.05) is 5.73 Å². The summed E-state index contributed by atoms with van der Waals surface area (Å²) in [7, 11) is 0. The fourth-order valence-electron chi connectivity index (χ4n) is 1.99. The quantitative estimate of drug-likeness (QED) is 0.771. The van der Waals surface area contributed by atoms with E-state index in [9.17, 15) is 4.79 Å². The highest BCUT2D eigenvalue weighted by atomic mass is 32.2. The summed E-state index contributed by atoms with van der Waals surface area (Å²) in [6, 6.07) is 17.1. The third-order valence-electron chi connectivity index (χ3n) is 3.04. The molecule has 4 nitrogen and oxygen atoms in total. The van der Waals surface area contributed by atoms with Gasteiger partial charge in [-0.25, -0.2) is 9.78 Å². The molecule has 1 aromatic heterocycles. The van der Waals surface area contributed by atoms with Gasteiger partial charge in [-0.3, -0.25) is 0 Å². The minimum absolute atomic E-state index is 0.00695. The molecule has 0 saturated carbocycles. The number of carboxylic acids is 1. The number of nitrogens with two attached hydrogens (primary N) is 1. The molecule has 3 aromatic rings. The van der Waals surface area contributed by atoms with E-state index in [1.165, 1.54) is 17.8 Å². The van der Waals surface area contributed by atoms with Gasteiger partial charge in [-0.1, -0.05) is 42.1 Å². The maximum atomic E-state index is 11.0. The van der Waals surface area contributed by atoms with Crippen LogP contribution < -0.4 is 5.73 Å². The first-order valence-electron chi connectivity index (χ1n) is 6.30. The molecular formula is C16H12N2O2S. The van der Waals surface area contributed by atoms with Crippen LogP contribution in [0.4, 0.5) is 5.69 Å². The number of nitrogen functional groups attached to an aromatic ring is 1. The molecule has 0 aliphatic heterocycles. The predicted octanol–water partition coefficient (Wildman–Crippen LogP) is 3.67. The number of aromatic nitrogens is 1. The third-order valence-corrected chi connectivity index (χ3v) is 4.05. The van der Waals surface area contributed by atoms with Gasteiger partial charge in [0.25, 0.3) is 0 Å². The van der Waals surface area contributed by atoms with Crippen molar-refractivity contribution in [2.45, 2.75) is 9.92 Å². The van der Waals surface area contributed by atoms with Crippen molar-refractivity contribution in [2.24, 2.45) is 0 Å². The third kappa shape index (κ3) is 2.83. The fourth-order valence-corrected chi connectivity index (χ4v) is 2.87. The van der Waals surface area contributed by atoms with Crippen LogP contribution in [0.1, 0.15) is 10.5 Å². The zero-order chi connectivity index (χ0) is 14.8. The molecule has 104 valence electrons. The van der Waals surface area contributed by atoms with Crippen LogP contribution in [-0.4, -0.2) is 16.1 Å². The molecule has 1 heterocycles. The van der Waals surface area contributed by atoms with Crippen molar-refractivity contribution in [3.8, 4) is 0 Å². The second-order valence-electron chi connectivity index (χ2n) is 4.51. The molecule has 0 saturated heterocycles. The van der Waals surface area contributed by atoms with E-state index in [-0.39, 0.29) is 5.69 Å². The average Bonchev–Trinajstić information content (AvgIpc) is 2.49. The van der Waals surface area contributed by atoms with Crippen LogP contribution in [0.25, 0.3) is 10.8 Å². The van der Waals surface area contributed by atoms with Crippen molar-refractivity contribution in [3.63, 3.8) is 0 Å². The topological polar surface area (TPSA) is 76.2 Å². The summed E-state index contributed by atoms with van der Waals surface area (Å²) in [5.74, 6) is -1.06. The highest BCUT2D eigenvalue weighted by molar-refractivity contribution is 7.99. The molecule has 21 heavy (non-hydrogen) atoms. The van der Waals surface area contributed by atoms with E-state index < -0.39 is 5.97 Å². The molecule has 0 radical (unpaired) electrons. The molecule has 0 atom stereocenters. The number of carbonyl (C=O) groups is 1. The van der Waals surface area contributed by atoms with Crippen molar-refractivity contribution >= 4 is 34.2 Å². The van der Waals surface area contributed by atoms with E-state index in [4.69, 9.17) is 10.8 Å². The van der Waals surface area contributed by atoms with E-state index in [0.717, 1.165) is 15.7 Å². The van der Waals surface area contributed by atoms with Gasteiger partial charge < -0.3 is 10.8 Å². The Hall–Kier alpha value is -2.53. The van der Waals surface area contributed by atoms with Gasteiger partial charge in [-0.15, -0.1) is 0 Å². The van der Waals surface area contributed by atoms with Crippen molar-refractivity contribution in [1.82, 2.24) is 4.98 Å². The molecule has 0 spiro atoms. The molecule has 0 unspecified atom stereocenters. The van der Waals surface area contributed by atoms with Gasteiger partial charge in [-0.2, -0.15) is 0 Å². The Balaban J connectivity index is 1.98. The van der Waals surface area contributed by atoms with E-state index in [1.54, 1.807) is 6.07 Å². The maximum absolute atomic E-state index is 11.0. The first kappa shape index (κ1) is 13.5. The van der Waals surface area contributed by atoms with E-state index in [1.807, 2.05) is 42.5 Å². The van der Waals surface area contributed by atoms with Gasteiger partial charge in [0.2, 0.25) is 0 Å². The molecule has 2 aromatic carbocycles. The van der Waals surface area contributed by atoms with Gasteiger partial charge in [0.15, 0.2) is 0 Å². The van der Waals surface area contributed by atoms with E-state index in [0.29, 0.717) is 10.7 Å². The monoisotopic (exact) mass is 296 g/mol. The average molecular weight is 296 g/mol.